The van der Waals surface area contributed by atoms with Crippen molar-refractivity contribution in [3.8, 4) is 0 Å². The molecule has 0 bridgehead atoms. The first-order chi connectivity index (χ1) is 16.1. The van der Waals surface area contributed by atoms with Crippen LogP contribution < -0.4 is 15.5 Å². The quantitative estimate of drug-likeness (QED) is 0.582. The maximum Gasteiger partial charge on any atom is 0.253 e. The zero-order valence-electron chi connectivity index (χ0n) is 18.7. The largest absolute Gasteiger partial charge is 0.348 e. The summed E-state index contributed by atoms with van der Waals surface area (Å²) in [4.78, 5) is 38.2. The van der Waals surface area contributed by atoms with Crippen molar-refractivity contribution in [2.24, 2.45) is 0 Å². The molecular formula is C25H28N6O2. The molecule has 1 aromatic heterocycles. The molecule has 2 amide bonds. The summed E-state index contributed by atoms with van der Waals surface area (Å²) in [6, 6.07) is 16.9. The molecule has 170 valence electrons. The van der Waals surface area contributed by atoms with Crippen LogP contribution in [0.4, 0.5) is 11.6 Å². The highest BCUT2D eigenvalue weighted by Gasteiger charge is 2.21. The number of hydrogen-bond acceptors (Lipinski definition) is 6. The summed E-state index contributed by atoms with van der Waals surface area (Å²) in [5.41, 5.74) is 3.16. The first-order valence-electron chi connectivity index (χ1n) is 11.1. The smallest absolute Gasteiger partial charge is 0.253 e. The number of anilines is 2. The van der Waals surface area contributed by atoms with E-state index in [2.05, 4.69) is 30.4 Å². The summed E-state index contributed by atoms with van der Waals surface area (Å²) in [6.07, 6.45) is 3.47. The van der Waals surface area contributed by atoms with E-state index >= 15 is 0 Å². The average molecular weight is 445 g/mol. The summed E-state index contributed by atoms with van der Waals surface area (Å²) in [5.74, 6) is 0.355. The molecule has 0 saturated carbocycles. The van der Waals surface area contributed by atoms with Crippen molar-refractivity contribution in [1.82, 2.24) is 20.2 Å². The number of aromatic nitrogens is 2. The van der Waals surface area contributed by atoms with Gasteiger partial charge < -0.3 is 15.5 Å². The van der Waals surface area contributed by atoms with Crippen molar-refractivity contribution in [1.29, 1.82) is 0 Å². The summed E-state index contributed by atoms with van der Waals surface area (Å²) in [7, 11) is 0. The minimum absolute atomic E-state index is 0.141. The number of para-hydroxylation sites is 1. The Kier molecular flexibility index (Phi) is 7.26. The monoisotopic (exact) mass is 444 g/mol. The van der Waals surface area contributed by atoms with Gasteiger partial charge in [-0.1, -0.05) is 42.0 Å². The third kappa shape index (κ3) is 6.14. The van der Waals surface area contributed by atoms with Crippen LogP contribution in [0.15, 0.2) is 67.0 Å². The van der Waals surface area contributed by atoms with Gasteiger partial charge in [0.05, 0.1) is 17.8 Å². The molecule has 2 heterocycles. The molecule has 1 saturated heterocycles. The van der Waals surface area contributed by atoms with Crippen LogP contribution >= 0.6 is 0 Å². The predicted octanol–water partition coefficient (Wildman–Crippen LogP) is 2.48. The van der Waals surface area contributed by atoms with Crippen LogP contribution in [0.5, 0.6) is 0 Å². The number of carbonyl (C=O) groups is 2. The van der Waals surface area contributed by atoms with Gasteiger partial charge in [0.1, 0.15) is 0 Å². The Morgan fingerprint density at radius 2 is 1.61 bits per heavy atom. The fourth-order valence-corrected chi connectivity index (χ4v) is 3.73. The SMILES string of the molecule is Cc1ccc(CNC(=O)c2ccccc2NC(=O)CN2CCN(c3ncccn3)CC2)cc1. The second-order valence-electron chi connectivity index (χ2n) is 8.07. The number of amides is 2. The Labute approximate surface area is 193 Å². The number of nitrogens with one attached hydrogen (secondary N) is 2. The van der Waals surface area contributed by atoms with Crippen molar-refractivity contribution < 1.29 is 9.59 Å². The van der Waals surface area contributed by atoms with E-state index in [-0.39, 0.29) is 18.4 Å². The molecule has 0 unspecified atom stereocenters. The zero-order valence-corrected chi connectivity index (χ0v) is 18.7. The third-order valence-corrected chi connectivity index (χ3v) is 5.59. The number of carbonyl (C=O) groups excluding carboxylic acids is 2. The molecular weight excluding hydrogens is 416 g/mol. The highest BCUT2D eigenvalue weighted by molar-refractivity contribution is 6.04. The lowest BCUT2D eigenvalue weighted by Gasteiger charge is -2.34. The van der Waals surface area contributed by atoms with Gasteiger partial charge in [-0.15, -0.1) is 0 Å². The first-order valence-corrected chi connectivity index (χ1v) is 11.1. The molecule has 2 aromatic carbocycles. The molecule has 2 N–H and O–H groups in total. The minimum atomic E-state index is -0.219. The minimum Gasteiger partial charge on any atom is -0.348 e. The molecule has 0 atom stereocenters. The van der Waals surface area contributed by atoms with Gasteiger partial charge >= 0.3 is 0 Å². The van der Waals surface area contributed by atoms with Gasteiger partial charge in [0.25, 0.3) is 5.91 Å². The predicted molar refractivity (Wildman–Crippen MR) is 128 cm³/mol. The van der Waals surface area contributed by atoms with Gasteiger partial charge in [-0.25, -0.2) is 9.97 Å². The molecule has 8 heteroatoms. The number of aryl methyl sites for hydroxylation is 1. The maximum absolute atomic E-state index is 12.8. The van der Waals surface area contributed by atoms with E-state index in [0.717, 1.165) is 31.7 Å². The van der Waals surface area contributed by atoms with Crippen LogP contribution in [0.3, 0.4) is 0 Å². The van der Waals surface area contributed by atoms with Crippen molar-refractivity contribution >= 4 is 23.5 Å². The van der Waals surface area contributed by atoms with Crippen molar-refractivity contribution in [3.05, 3.63) is 83.7 Å². The van der Waals surface area contributed by atoms with Gasteiger partial charge in [-0.2, -0.15) is 0 Å². The molecule has 1 aliphatic heterocycles. The molecule has 0 radical (unpaired) electrons. The fourth-order valence-electron chi connectivity index (χ4n) is 3.73. The van der Waals surface area contributed by atoms with Crippen LogP contribution in [0.1, 0.15) is 21.5 Å². The van der Waals surface area contributed by atoms with Gasteiger partial charge in [0.15, 0.2) is 0 Å². The molecule has 0 aliphatic carbocycles. The van der Waals surface area contributed by atoms with Crippen LogP contribution in [-0.4, -0.2) is 59.4 Å². The van der Waals surface area contributed by atoms with E-state index in [1.54, 1.807) is 36.7 Å². The van der Waals surface area contributed by atoms with Gasteiger partial charge in [-0.05, 0) is 30.7 Å². The lowest BCUT2D eigenvalue weighted by atomic mass is 10.1. The summed E-state index contributed by atoms with van der Waals surface area (Å²) in [5, 5.41) is 5.84. The van der Waals surface area contributed by atoms with E-state index in [1.165, 1.54) is 5.56 Å². The lowest BCUT2D eigenvalue weighted by Crippen LogP contribution is -2.49. The lowest BCUT2D eigenvalue weighted by molar-refractivity contribution is -0.117. The Hall–Kier alpha value is -3.78. The Balaban J connectivity index is 1.29. The van der Waals surface area contributed by atoms with Crippen molar-refractivity contribution in [2.75, 3.05) is 42.9 Å². The zero-order chi connectivity index (χ0) is 23.0. The second kappa shape index (κ2) is 10.7. The topological polar surface area (TPSA) is 90.5 Å². The van der Waals surface area contributed by atoms with Gasteiger partial charge in [-0.3, -0.25) is 14.5 Å². The van der Waals surface area contributed by atoms with Crippen molar-refractivity contribution in [2.45, 2.75) is 13.5 Å². The standard InChI is InChI=1S/C25H28N6O2/c1-19-7-9-20(10-8-19)17-28-24(33)21-5-2-3-6-22(21)29-23(32)18-30-13-15-31(16-14-30)25-26-11-4-12-27-25/h2-12H,13-18H2,1H3,(H,28,33)(H,29,32). The number of piperazine rings is 1. The number of hydrogen-bond donors (Lipinski definition) is 2. The van der Waals surface area contributed by atoms with Crippen molar-refractivity contribution in [3.63, 3.8) is 0 Å². The first kappa shape index (κ1) is 22.4. The Morgan fingerprint density at radius 1 is 0.909 bits per heavy atom. The summed E-state index contributed by atoms with van der Waals surface area (Å²) in [6.45, 7) is 5.72. The van der Waals surface area contributed by atoms with Crippen LogP contribution in [0.2, 0.25) is 0 Å². The Morgan fingerprint density at radius 3 is 2.33 bits per heavy atom. The molecule has 8 nitrogen and oxygen atoms in total. The van der Waals surface area contributed by atoms with E-state index in [0.29, 0.717) is 23.7 Å². The van der Waals surface area contributed by atoms with E-state index in [1.807, 2.05) is 37.3 Å². The van der Waals surface area contributed by atoms with Crippen LogP contribution in [-0.2, 0) is 11.3 Å². The molecule has 1 aliphatic rings. The molecule has 33 heavy (non-hydrogen) atoms. The maximum atomic E-state index is 12.8. The van der Waals surface area contributed by atoms with Gasteiger partial charge in [0, 0.05) is 45.1 Å². The molecule has 0 spiro atoms. The number of nitrogens with zero attached hydrogens (tertiary/aromatic N) is 4. The fraction of sp³-hybridized carbons (Fsp3) is 0.280. The number of rotatable bonds is 7. The van der Waals surface area contributed by atoms with E-state index in [9.17, 15) is 9.59 Å². The number of benzene rings is 2. The average Bonchev–Trinajstić information content (AvgIpc) is 2.85. The summed E-state index contributed by atoms with van der Waals surface area (Å²) < 4.78 is 0. The molecule has 4 rings (SSSR count). The Bertz CT molecular complexity index is 1080. The van der Waals surface area contributed by atoms with Gasteiger partial charge in [0.2, 0.25) is 11.9 Å². The summed E-state index contributed by atoms with van der Waals surface area (Å²) >= 11 is 0. The second-order valence-corrected chi connectivity index (χ2v) is 8.07. The highest BCUT2D eigenvalue weighted by Crippen LogP contribution is 2.16. The van der Waals surface area contributed by atoms with E-state index < -0.39 is 0 Å². The van der Waals surface area contributed by atoms with E-state index in [4.69, 9.17) is 0 Å². The van der Waals surface area contributed by atoms with Crippen LogP contribution in [0.25, 0.3) is 0 Å². The normalized spacial score (nSPS) is 14.0. The molecule has 3 aromatic rings. The van der Waals surface area contributed by atoms with Crippen LogP contribution in [0, 0.1) is 6.92 Å². The highest BCUT2D eigenvalue weighted by atomic mass is 16.2. The molecule has 1 fully saturated rings. The third-order valence-electron chi connectivity index (χ3n) is 5.59.